The number of nitrogens with zero attached hydrogens (tertiary/aromatic N) is 2. The topological polar surface area (TPSA) is 43.8 Å². The molecule has 0 aliphatic carbocycles. The normalized spacial score (nSPS) is 18.1. The smallest absolute Gasteiger partial charge is 0.257 e. The van der Waals surface area contributed by atoms with Gasteiger partial charge < -0.3 is 14.9 Å². The van der Waals surface area contributed by atoms with Crippen LogP contribution in [0.5, 0.6) is 5.75 Å². The molecular formula is C16H16N2O2. The number of phenolic OH excluding ortho intramolecular Hbond substituents is 1. The summed E-state index contributed by atoms with van der Waals surface area (Å²) in [4.78, 5) is 16.3. The highest BCUT2D eigenvalue weighted by molar-refractivity contribution is 6.01. The van der Waals surface area contributed by atoms with Gasteiger partial charge in [-0.1, -0.05) is 24.3 Å². The van der Waals surface area contributed by atoms with Crippen LogP contribution in [0.3, 0.4) is 0 Å². The standard InChI is InChI=1S/C16H16N2O2/c1-17-14-6-4-3-5-13(14)16(20)18(2)15(17)11-7-9-12(19)10-8-11/h3-10,15,19H,1-2H3. The fourth-order valence-electron chi connectivity index (χ4n) is 2.75. The molecule has 0 fully saturated rings. The molecular weight excluding hydrogens is 252 g/mol. The highest BCUT2D eigenvalue weighted by Crippen LogP contribution is 2.36. The molecule has 2 aromatic rings. The van der Waals surface area contributed by atoms with Gasteiger partial charge in [0.1, 0.15) is 11.9 Å². The number of amides is 1. The van der Waals surface area contributed by atoms with Crippen molar-refractivity contribution in [3.8, 4) is 5.75 Å². The highest BCUT2D eigenvalue weighted by Gasteiger charge is 2.33. The summed E-state index contributed by atoms with van der Waals surface area (Å²) in [6.45, 7) is 0. The van der Waals surface area contributed by atoms with Crippen molar-refractivity contribution in [2.24, 2.45) is 0 Å². The molecule has 1 aliphatic rings. The molecule has 0 saturated heterocycles. The third-order valence-electron chi connectivity index (χ3n) is 3.76. The number of aromatic hydroxyl groups is 1. The molecule has 1 heterocycles. The van der Waals surface area contributed by atoms with Crippen LogP contribution in [0.2, 0.25) is 0 Å². The van der Waals surface area contributed by atoms with E-state index in [1.165, 1.54) is 0 Å². The first-order valence-corrected chi connectivity index (χ1v) is 6.47. The van der Waals surface area contributed by atoms with Gasteiger partial charge in [-0.25, -0.2) is 0 Å². The molecule has 0 radical (unpaired) electrons. The van der Waals surface area contributed by atoms with E-state index in [1.54, 1.807) is 24.1 Å². The first-order valence-electron chi connectivity index (χ1n) is 6.47. The number of anilines is 1. The quantitative estimate of drug-likeness (QED) is 0.864. The van der Waals surface area contributed by atoms with E-state index < -0.39 is 0 Å². The van der Waals surface area contributed by atoms with Gasteiger partial charge in [-0.05, 0) is 29.8 Å². The zero-order chi connectivity index (χ0) is 14.3. The van der Waals surface area contributed by atoms with E-state index in [2.05, 4.69) is 4.90 Å². The molecule has 0 saturated carbocycles. The van der Waals surface area contributed by atoms with Gasteiger partial charge in [0, 0.05) is 14.1 Å². The fraction of sp³-hybridized carbons (Fsp3) is 0.188. The molecule has 102 valence electrons. The summed E-state index contributed by atoms with van der Waals surface area (Å²) in [5, 5.41) is 9.40. The first-order chi connectivity index (χ1) is 9.59. The Balaban J connectivity index is 2.09. The summed E-state index contributed by atoms with van der Waals surface area (Å²) >= 11 is 0. The maximum Gasteiger partial charge on any atom is 0.257 e. The number of phenols is 1. The van der Waals surface area contributed by atoms with E-state index in [0.717, 1.165) is 11.3 Å². The molecule has 4 heteroatoms. The average molecular weight is 268 g/mol. The van der Waals surface area contributed by atoms with Crippen LogP contribution in [0.25, 0.3) is 0 Å². The Bertz CT molecular complexity index is 652. The first kappa shape index (κ1) is 12.5. The maximum atomic E-state index is 12.5. The lowest BCUT2D eigenvalue weighted by Crippen LogP contribution is -2.45. The molecule has 0 spiro atoms. The predicted molar refractivity (Wildman–Crippen MR) is 77.8 cm³/mol. The minimum atomic E-state index is -0.169. The van der Waals surface area contributed by atoms with Crippen molar-refractivity contribution in [3.63, 3.8) is 0 Å². The minimum absolute atomic E-state index is 0.0109. The largest absolute Gasteiger partial charge is 0.508 e. The van der Waals surface area contributed by atoms with E-state index in [1.807, 2.05) is 43.4 Å². The second-order valence-electron chi connectivity index (χ2n) is 5.01. The van der Waals surface area contributed by atoms with Gasteiger partial charge in [0.2, 0.25) is 0 Å². The van der Waals surface area contributed by atoms with Gasteiger partial charge in [0.05, 0.1) is 11.3 Å². The van der Waals surface area contributed by atoms with Crippen LogP contribution in [-0.4, -0.2) is 30.0 Å². The van der Waals surface area contributed by atoms with Crippen molar-refractivity contribution in [2.75, 3.05) is 19.0 Å². The number of hydrogen-bond donors (Lipinski definition) is 1. The number of rotatable bonds is 1. The molecule has 0 aromatic heterocycles. The number of hydrogen-bond acceptors (Lipinski definition) is 3. The Morgan fingerprint density at radius 2 is 1.60 bits per heavy atom. The molecule has 3 rings (SSSR count). The Morgan fingerprint density at radius 1 is 0.950 bits per heavy atom. The summed E-state index contributed by atoms with van der Waals surface area (Å²) in [5.41, 5.74) is 2.61. The summed E-state index contributed by atoms with van der Waals surface area (Å²) in [6.07, 6.45) is -0.169. The number of benzene rings is 2. The molecule has 1 N–H and O–H groups in total. The average Bonchev–Trinajstić information content (AvgIpc) is 2.47. The third-order valence-corrected chi connectivity index (χ3v) is 3.76. The van der Waals surface area contributed by atoms with Gasteiger partial charge in [-0.15, -0.1) is 0 Å². The van der Waals surface area contributed by atoms with Gasteiger partial charge in [0.15, 0.2) is 0 Å². The lowest BCUT2D eigenvalue weighted by atomic mass is 10.0. The van der Waals surface area contributed by atoms with Crippen molar-refractivity contribution in [1.82, 2.24) is 4.90 Å². The van der Waals surface area contributed by atoms with Crippen LogP contribution in [0.4, 0.5) is 5.69 Å². The van der Waals surface area contributed by atoms with Crippen LogP contribution in [-0.2, 0) is 0 Å². The van der Waals surface area contributed by atoms with Crippen LogP contribution in [0.1, 0.15) is 22.1 Å². The Hall–Kier alpha value is -2.49. The maximum absolute atomic E-state index is 12.5. The van der Waals surface area contributed by atoms with Gasteiger partial charge in [0.25, 0.3) is 5.91 Å². The summed E-state index contributed by atoms with van der Waals surface area (Å²) < 4.78 is 0. The van der Waals surface area contributed by atoms with E-state index >= 15 is 0 Å². The lowest BCUT2D eigenvalue weighted by Gasteiger charge is -2.42. The van der Waals surface area contributed by atoms with Crippen LogP contribution in [0, 0.1) is 0 Å². The molecule has 4 nitrogen and oxygen atoms in total. The van der Waals surface area contributed by atoms with E-state index in [0.29, 0.717) is 5.56 Å². The number of fused-ring (bicyclic) bond motifs is 1. The molecule has 1 amide bonds. The highest BCUT2D eigenvalue weighted by atomic mass is 16.3. The van der Waals surface area contributed by atoms with Crippen molar-refractivity contribution >= 4 is 11.6 Å². The Morgan fingerprint density at radius 3 is 2.30 bits per heavy atom. The zero-order valence-corrected chi connectivity index (χ0v) is 11.4. The zero-order valence-electron chi connectivity index (χ0n) is 11.4. The summed E-state index contributed by atoms with van der Waals surface area (Å²) in [5.74, 6) is 0.235. The summed E-state index contributed by atoms with van der Waals surface area (Å²) in [6, 6.07) is 14.6. The van der Waals surface area contributed by atoms with E-state index in [9.17, 15) is 9.90 Å². The molecule has 1 aliphatic heterocycles. The number of carbonyl (C=O) groups excluding carboxylic acids is 1. The monoisotopic (exact) mass is 268 g/mol. The van der Waals surface area contributed by atoms with Crippen molar-refractivity contribution in [3.05, 3.63) is 59.7 Å². The molecule has 0 bridgehead atoms. The van der Waals surface area contributed by atoms with Gasteiger partial charge in [-0.3, -0.25) is 4.79 Å². The predicted octanol–water partition coefficient (Wildman–Crippen LogP) is 2.61. The lowest BCUT2D eigenvalue weighted by molar-refractivity contribution is 0.0711. The van der Waals surface area contributed by atoms with E-state index in [4.69, 9.17) is 0 Å². The van der Waals surface area contributed by atoms with Crippen LogP contribution >= 0.6 is 0 Å². The van der Waals surface area contributed by atoms with Gasteiger partial charge in [-0.2, -0.15) is 0 Å². The fourth-order valence-corrected chi connectivity index (χ4v) is 2.75. The SMILES string of the molecule is CN1C(=O)c2ccccc2N(C)C1c1ccc(O)cc1. The van der Waals surface area contributed by atoms with Crippen molar-refractivity contribution < 1.29 is 9.90 Å². The number of carbonyl (C=O) groups is 1. The second-order valence-corrected chi connectivity index (χ2v) is 5.01. The summed E-state index contributed by atoms with van der Waals surface area (Å²) in [7, 11) is 3.77. The van der Waals surface area contributed by atoms with Crippen LogP contribution < -0.4 is 4.90 Å². The minimum Gasteiger partial charge on any atom is -0.508 e. The van der Waals surface area contributed by atoms with Crippen LogP contribution in [0.15, 0.2) is 48.5 Å². The van der Waals surface area contributed by atoms with E-state index in [-0.39, 0.29) is 17.8 Å². The number of para-hydroxylation sites is 1. The van der Waals surface area contributed by atoms with Crippen molar-refractivity contribution in [1.29, 1.82) is 0 Å². The molecule has 1 atom stereocenters. The Labute approximate surface area is 117 Å². The third kappa shape index (κ3) is 1.81. The Kier molecular flexibility index (Phi) is 2.86. The molecule has 2 aromatic carbocycles. The van der Waals surface area contributed by atoms with Gasteiger partial charge >= 0.3 is 0 Å². The molecule has 1 unspecified atom stereocenters. The van der Waals surface area contributed by atoms with Crippen molar-refractivity contribution in [2.45, 2.75) is 6.17 Å². The molecule has 20 heavy (non-hydrogen) atoms. The second kappa shape index (κ2) is 4.56.